The summed E-state index contributed by atoms with van der Waals surface area (Å²) < 4.78 is 14.4. The largest absolute Gasteiger partial charge is 0.431 e. The molecule has 1 aromatic heterocycles. The Labute approximate surface area is 69.7 Å². The van der Waals surface area contributed by atoms with E-state index in [1.807, 2.05) is 0 Å². The van der Waals surface area contributed by atoms with Gasteiger partial charge in [0.2, 0.25) is 0 Å². The van der Waals surface area contributed by atoms with Gasteiger partial charge in [0, 0.05) is 25.8 Å². The van der Waals surface area contributed by atoms with E-state index in [-0.39, 0.29) is 0 Å². The van der Waals surface area contributed by atoms with Crippen molar-refractivity contribution in [1.29, 1.82) is 0 Å². The van der Waals surface area contributed by atoms with Crippen molar-refractivity contribution in [2.75, 3.05) is 14.2 Å². The first-order valence-corrected chi connectivity index (χ1v) is 3.42. The average Bonchev–Trinajstić information content (AvgIpc) is 2.07. The zero-order chi connectivity index (χ0) is 8.97. The molecule has 66 valence electrons. The molecule has 1 heterocycles. The van der Waals surface area contributed by atoms with Gasteiger partial charge in [-0.2, -0.15) is 0 Å². The molecule has 0 saturated heterocycles. The molecule has 12 heavy (non-hydrogen) atoms. The van der Waals surface area contributed by atoms with Crippen molar-refractivity contribution in [3.05, 3.63) is 34.4 Å². The second-order valence-corrected chi connectivity index (χ2v) is 2.19. The maximum atomic E-state index is 10.7. The third-order valence-corrected chi connectivity index (χ3v) is 1.43. The Morgan fingerprint density at radius 3 is 2.58 bits per heavy atom. The van der Waals surface area contributed by atoms with Gasteiger partial charge in [0.05, 0.1) is 6.26 Å². The maximum Gasteiger partial charge on any atom is 0.336 e. The standard InChI is InChI=1S/C8H10O4/c1-10-8(11-2)6-3-4-12-7(9)5-6/h3-5,8H,1-2H3. The van der Waals surface area contributed by atoms with E-state index in [0.29, 0.717) is 5.56 Å². The fourth-order valence-corrected chi connectivity index (χ4v) is 0.913. The highest BCUT2D eigenvalue weighted by Crippen LogP contribution is 2.14. The van der Waals surface area contributed by atoms with Crippen LogP contribution in [0, 0.1) is 0 Å². The summed E-state index contributed by atoms with van der Waals surface area (Å²) in [4.78, 5) is 10.7. The lowest BCUT2D eigenvalue weighted by Crippen LogP contribution is -2.07. The molecule has 0 fully saturated rings. The van der Waals surface area contributed by atoms with Crippen molar-refractivity contribution in [3.8, 4) is 0 Å². The third-order valence-electron chi connectivity index (χ3n) is 1.43. The molecule has 0 aliphatic rings. The minimum absolute atomic E-state index is 0.411. The van der Waals surface area contributed by atoms with Gasteiger partial charge in [0.1, 0.15) is 0 Å². The lowest BCUT2D eigenvalue weighted by Gasteiger charge is -2.11. The van der Waals surface area contributed by atoms with Gasteiger partial charge < -0.3 is 13.9 Å². The molecule has 1 rings (SSSR count). The molecule has 4 heteroatoms. The first-order valence-electron chi connectivity index (χ1n) is 3.42. The number of ether oxygens (including phenoxy) is 2. The van der Waals surface area contributed by atoms with Crippen molar-refractivity contribution in [2.24, 2.45) is 0 Å². The van der Waals surface area contributed by atoms with Crippen LogP contribution in [0.5, 0.6) is 0 Å². The number of rotatable bonds is 3. The molecular formula is C8H10O4. The van der Waals surface area contributed by atoms with E-state index in [1.54, 1.807) is 6.07 Å². The van der Waals surface area contributed by atoms with Crippen LogP contribution in [-0.2, 0) is 9.47 Å². The van der Waals surface area contributed by atoms with E-state index >= 15 is 0 Å². The van der Waals surface area contributed by atoms with Crippen LogP contribution in [0.15, 0.2) is 27.6 Å². The van der Waals surface area contributed by atoms with Gasteiger partial charge in [-0.3, -0.25) is 0 Å². The molecule has 0 saturated carbocycles. The quantitative estimate of drug-likeness (QED) is 0.633. The molecule has 0 amide bonds. The van der Waals surface area contributed by atoms with Gasteiger partial charge in [-0.05, 0) is 6.07 Å². The average molecular weight is 170 g/mol. The minimum atomic E-state index is -0.505. The lowest BCUT2D eigenvalue weighted by atomic mass is 10.3. The predicted molar refractivity (Wildman–Crippen MR) is 41.7 cm³/mol. The van der Waals surface area contributed by atoms with Gasteiger partial charge in [-0.15, -0.1) is 0 Å². The van der Waals surface area contributed by atoms with Crippen molar-refractivity contribution in [1.82, 2.24) is 0 Å². The number of methoxy groups -OCH3 is 2. The van der Waals surface area contributed by atoms with Crippen LogP contribution >= 0.6 is 0 Å². The molecule has 0 aliphatic carbocycles. The van der Waals surface area contributed by atoms with Crippen LogP contribution in [0.4, 0.5) is 0 Å². The zero-order valence-corrected chi connectivity index (χ0v) is 6.94. The molecule has 0 bridgehead atoms. The summed E-state index contributed by atoms with van der Waals surface area (Å²) in [6, 6.07) is 2.96. The maximum absolute atomic E-state index is 10.7. The van der Waals surface area contributed by atoms with E-state index < -0.39 is 11.9 Å². The molecule has 0 unspecified atom stereocenters. The Bertz CT molecular complexity index is 287. The molecule has 0 aliphatic heterocycles. The highest BCUT2D eigenvalue weighted by Gasteiger charge is 2.08. The summed E-state index contributed by atoms with van der Waals surface area (Å²) >= 11 is 0. The smallest absolute Gasteiger partial charge is 0.336 e. The highest BCUT2D eigenvalue weighted by molar-refractivity contribution is 5.09. The topological polar surface area (TPSA) is 48.7 Å². The van der Waals surface area contributed by atoms with E-state index in [1.165, 1.54) is 26.5 Å². The minimum Gasteiger partial charge on any atom is -0.431 e. The molecule has 0 atom stereocenters. The van der Waals surface area contributed by atoms with E-state index in [2.05, 4.69) is 4.42 Å². The van der Waals surface area contributed by atoms with Crippen molar-refractivity contribution < 1.29 is 13.9 Å². The molecule has 4 nitrogen and oxygen atoms in total. The summed E-state index contributed by atoms with van der Waals surface area (Å²) in [5, 5.41) is 0. The van der Waals surface area contributed by atoms with E-state index in [0.717, 1.165) is 0 Å². The molecule has 0 N–H and O–H groups in total. The second-order valence-electron chi connectivity index (χ2n) is 2.19. The van der Waals surface area contributed by atoms with Crippen LogP contribution < -0.4 is 5.63 Å². The molecule has 0 radical (unpaired) electrons. The Kier molecular flexibility index (Phi) is 3.01. The van der Waals surface area contributed by atoms with Crippen LogP contribution in [0.25, 0.3) is 0 Å². The van der Waals surface area contributed by atoms with Gasteiger partial charge >= 0.3 is 5.63 Å². The Balaban J connectivity index is 2.93. The molecule has 0 aromatic carbocycles. The van der Waals surface area contributed by atoms with Gasteiger partial charge in [0.15, 0.2) is 6.29 Å². The van der Waals surface area contributed by atoms with Crippen LogP contribution in [-0.4, -0.2) is 14.2 Å². The summed E-state index contributed by atoms with van der Waals surface area (Å²) in [7, 11) is 3.01. The SMILES string of the molecule is COC(OC)c1ccoc(=O)c1. The number of hydrogen-bond acceptors (Lipinski definition) is 4. The number of hydrogen-bond donors (Lipinski definition) is 0. The fourth-order valence-electron chi connectivity index (χ4n) is 0.913. The van der Waals surface area contributed by atoms with Crippen molar-refractivity contribution >= 4 is 0 Å². The van der Waals surface area contributed by atoms with Crippen LogP contribution in [0.1, 0.15) is 11.9 Å². The van der Waals surface area contributed by atoms with Gasteiger partial charge in [-0.25, -0.2) is 4.79 Å². The summed E-state index contributed by atoms with van der Waals surface area (Å²) in [6.45, 7) is 0. The van der Waals surface area contributed by atoms with Gasteiger partial charge in [0.25, 0.3) is 0 Å². The zero-order valence-electron chi connectivity index (χ0n) is 6.94. The Morgan fingerprint density at radius 2 is 2.08 bits per heavy atom. The summed E-state index contributed by atoms with van der Waals surface area (Å²) in [6.07, 6.45) is 0.803. The summed E-state index contributed by atoms with van der Waals surface area (Å²) in [5.41, 5.74) is 0.239. The summed E-state index contributed by atoms with van der Waals surface area (Å²) in [5.74, 6) is 0. The van der Waals surface area contributed by atoms with Crippen molar-refractivity contribution in [2.45, 2.75) is 6.29 Å². The van der Waals surface area contributed by atoms with E-state index in [9.17, 15) is 4.79 Å². The Morgan fingerprint density at radius 1 is 1.42 bits per heavy atom. The Hall–Kier alpha value is -1.13. The second kappa shape index (κ2) is 4.04. The highest BCUT2D eigenvalue weighted by atomic mass is 16.7. The monoisotopic (exact) mass is 170 g/mol. The molecule has 0 spiro atoms. The van der Waals surface area contributed by atoms with Gasteiger partial charge in [-0.1, -0.05) is 0 Å². The lowest BCUT2D eigenvalue weighted by molar-refractivity contribution is -0.106. The first kappa shape index (κ1) is 8.96. The molecule has 1 aromatic rings. The van der Waals surface area contributed by atoms with Crippen LogP contribution in [0.2, 0.25) is 0 Å². The fraction of sp³-hybridized carbons (Fsp3) is 0.375. The molecular weight excluding hydrogens is 160 g/mol. The van der Waals surface area contributed by atoms with Crippen molar-refractivity contribution in [3.63, 3.8) is 0 Å². The predicted octanol–water partition coefficient (Wildman–Crippen LogP) is 0.931. The first-order chi connectivity index (χ1) is 5.77. The normalized spacial score (nSPS) is 10.6. The third kappa shape index (κ3) is 1.93. The van der Waals surface area contributed by atoms with E-state index in [4.69, 9.17) is 9.47 Å². The van der Waals surface area contributed by atoms with Crippen LogP contribution in [0.3, 0.4) is 0 Å².